The van der Waals surface area contributed by atoms with Gasteiger partial charge >= 0.3 is 0 Å². The number of anilines is 1. The zero-order valence-corrected chi connectivity index (χ0v) is 19.9. The Bertz CT molecular complexity index is 1410. The second kappa shape index (κ2) is 10.7. The van der Waals surface area contributed by atoms with E-state index in [2.05, 4.69) is 5.32 Å². The number of amides is 1. The summed E-state index contributed by atoms with van der Waals surface area (Å²) in [5.74, 6) is 0.651. The molecule has 0 saturated heterocycles. The zero-order valence-electron chi connectivity index (χ0n) is 17.7. The van der Waals surface area contributed by atoms with Crippen molar-refractivity contribution in [1.29, 1.82) is 0 Å². The number of ether oxygens (including phenoxy) is 2. The van der Waals surface area contributed by atoms with Crippen LogP contribution in [0.15, 0.2) is 77.2 Å². The van der Waals surface area contributed by atoms with Crippen LogP contribution < -0.4 is 14.8 Å². The Labute approximate surface area is 214 Å². The van der Waals surface area contributed by atoms with Gasteiger partial charge in [-0.05, 0) is 48.5 Å². The third-order valence-electron chi connectivity index (χ3n) is 4.54. The number of carbonyl (C=O) groups is 1. The first kappa shape index (κ1) is 24.4. The number of rotatable bonds is 8. The van der Waals surface area contributed by atoms with E-state index in [4.69, 9.17) is 48.7 Å². The van der Waals surface area contributed by atoms with Gasteiger partial charge in [0.1, 0.15) is 29.6 Å². The minimum atomic E-state index is -0.616. The van der Waals surface area contributed by atoms with Crippen LogP contribution in [0.3, 0.4) is 0 Å². The number of nitro groups is 1. The predicted octanol–water partition coefficient (Wildman–Crippen LogP) is 7.77. The van der Waals surface area contributed by atoms with Gasteiger partial charge in [-0.2, -0.15) is 0 Å². The maximum atomic E-state index is 12.7. The molecule has 1 heterocycles. The van der Waals surface area contributed by atoms with Crippen LogP contribution in [-0.4, -0.2) is 10.8 Å². The van der Waals surface area contributed by atoms with Crippen LogP contribution in [0.5, 0.6) is 17.2 Å². The first-order chi connectivity index (χ1) is 16.8. The summed E-state index contributed by atoms with van der Waals surface area (Å²) in [6.07, 6.45) is 0. The standard InChI is InChI=1S/C24H15Cl3N2O6/c25-14-2-1-3-18(8-14)33-13-19-5-7-23(34-19)24(30)28-16-10-17(29(31)32)12-20(11-16)35-22-6-4-15(26)9-21(22)27/h1-12H,13H2,(H,28,30). The molecule has 0 aliphatic carbocycles. The normalized spacial score (nSPS) is 10.6. The minimum absolute atomic E-state index is 0.00980. The summed E-state index contributed by atoms with van der Waals surface area (Å²) in [4.78, 5) is 23.5. The fraction of sp³-hybridized carbons (Fsp3) is 0.0417. The Morgan fingerprint density at radius 1 is 0.943 bits per heavy atom. The number of nitrogens with zero attached hydrogens (tertiary/aromatic N) is 1. The van der Waals surface area contributed by atoms with Gasteiger partial charge in [-0.15, -0.1) is 0 Å². The van der Waals surface area contributed by atoms with Gasteiger partial charge in [0.25, 0.3) is 11.6 Å². The van der Waals surface area contributed by atoms with Gasteiger partial charge in [-0.3, -0.25) is 14.9 Å². The Kier molecular flexibility index (Phi) is 7.45. The lowest BCUT2D eigenvalue weighted by Crippen LogP contribution is -2.11. The Hall–Kier alpha value is -3.72. The second-order valence-corrected chi connectivity index (χ2v) is 8.40. The van der Waals surface area contributed by atoms with E-state index in [-0.39, 0.29) is 40.3 Å². The van der Waals surface area contributed by atoms with E-state index in [0.717, 1.165) is 0 Å². The van der Waals surface area contributed by atoms with E-state index in [9.17, 15) is 14.9 Å². The van der Waals surface area contributed by atoms with Gasteiger partial charge < -0.3 is 19.2 Å². The highest BCUT2D eigenvalue weighted by atomic mass is 35.5. The predicted molar refractivity (Wildman–Crippen MR) is 132 cm³/mol. The Balaban J connectivity index is 1.48. The average molecular weight is 534 g/mol. The Morgan fingerprint density at radius 3 is 2.49 bits per heavy atom. The summed E-state index contributed by atoms with van der Waals surface area (Å²) in [5.41, 5.74) is -0.171. The SMILES string of the molecule is O=C(Nc1cc(Oc2ccc(Cl)cc2Cl)cc([N+](=O)[O-])c1)c1ccc(COc2cccc(Cl)c2)o1. The van der Waals surface area contributed by atoms with Crippen molar-refractivity contribution in [1.82, 2.24) is 0 Å². The Morgan fingerprint density at radius 2 is 1.74 bits per heavy atom. The van der Waals surface area contributed by atoms with Gasteiger partial charge in [0.2, 0.25) is 0 Å². The van der Waals surface area contributed by atoms with Crippen LogP contribution in [-0.2, 0) is 6.61 Å². The molecule has 8 nitrogen and oxygen atoms in total. The molecule has 0 unspecified atom stereocenters. The molecule has 1 aromatic heterocycles. The highest BCUT2D eigenvalue weighted by molar-refractivity contribution is 6.35. The molecule has 1 amide bonds. The highest BCUT2D eigenvalue weighted by Gasteiger charge is 2.17. The quantitative estimate of drug-likeness (QED) is 0.183. The van der Waals surface area contributed by atoms with Crippen molar-refractivity contribution in [3.63, 3.8) is 0 Å². The number of carbonyl (C=O) groups excluding carboxylic acids is 1. The fourth-order valence-corrected chi connectivity index (χ4v) is 3.61. The van der Waals surface area contributed by atoms with E-state index in [1.807, 2.05) is 0 Å². The van der Waals surface area contributed by atoms with Crippen LogP contribution in [0.2, 0.25) is 15.1 Å². The molecule has 0 radical (unpaired) electrons. The molecule has 11 heteroatoms. The number of nitro benzene ring substituents is 1. The number of halogens is 3. The lowest BCUT2D eigenvalue weighted by Gasteiger charge is -2.10. The van der Waals surface area contributed by atoms with Gasteiger partial charge in [0, 0.05) is 22.2 Å². The molecular weight excluding hydrogens is 519 g/mol. The van der Waals surface area contributed by atoms with Crippen molar-refractivity contribution in [3.8, 4) is 17.2 Å². The molecule has 0 aliphatic heterocycles. The number of hydrogen-bond donors (Lipinski definition) is 1. The monoisotopic (exact) mass is 532 g/mol. The van der Waals surface area contributed by atoms with E-state index in [1.165, 1.54) is 36.4 Å². The minimum Gasteiger partial charge on any atom is -0.486 e. The van der Waals surface area contributed by atoms with Gasteiger partial charge in [0.15, 0.2) is 5.76 Å². The van der Waals surface area contributed by atoms with E-state index >= 15 is 0 Å². The summed E-state index contributed by atoms with van der Waals surface area (Å²) in [7, 11) is 0. The number of hydrogen-bond acceptors (Lipinski definition) is 6. The maximum absolute atomic E-state index is 12.7. The van der Waals surface area contributed by atoms with Crippen LogP contribution >= 0.6 is 34.8 Å². The van der Waals surface area contributed by atoms with Crippen molar-refractivity contribution in [2.24, 2.45) is 0 Å². The molecule has 0 spiro atoms. The fourth-order valence-electron chi connectivity index (χ4n) is 2.99. The molecule has 0 fully saturated rings. The van der Waals surface area contributed by atoms with Crippen LogP contribution in [0, 0.1) is 10.1 Å². The smallest absolute Gasteiger partial charge is 0.291 e. The van der Waals surface area contributed by atoms with Crippen molar-refractivity contribution < 1.29 is 23.6 Å². The molecule has 1 N–H and O–H groups in total. The van der Waals surface area contributed by atoms with Gasteiger partial charge in [0.05, 0.1) is 21.7 Å². The molecule has 0 aliphatic rings. The molecule has 3 aromatic carbocycles. The second-order valence-electron chi connectivity index (χ2n) is 7.12. The largest absolute Gasteiger partial charge is 0.486 e. The average Bonchev–Trinajstić information content (AvgIpc) is 3.29. The molecule has 4 aromatic rings. The number of benzene rings is 3. The maximum Gasteiger partial charge on any atom is 0.291 e. The summed E-state index contributed by atoms with van der Waals surface area (Å²) < 4.78 is 16.8. The zero-order chi connectivity index (χ0) is 24.9. The molecule has 35 heavy (non-hydrogen) atoms. The number of non-ortho nitro benzene ring substituents is 1. The van der Waals surface area contributed by atoms with Crippen molar-refractivity contribution in [2.45, 2.75) is 6.61 Å². The van der Waals surface area contributed by atoms with Crippen molar-refractivity contribution in [3.05, 3.63) is 109 Å². The summed E-state index contributed by atoms with van der Waals surface area (Å²) in [6.45, 7) is 0.0737. The van der Waals surface area contributed by atoms with E-state index in [0.29, 0.717) is 21.6 Å². The molecule has 0 atom stereocenters. The van der Waals surface area contributed by atoms with Crippen molar-refractivity contribution in [2.75, 3.05) is 5.32 Å². The number of nitrogens with one attached hydrogen (secondary N) is 1. The lowest BCUT2D eigenvalue weighted by molar-refractivity contribution is -0.384. The number of furan rings is 1. The summed E-state index contributed by atoms with van der Waals surface area (Å²) in [6, 6.07) is 18.3. The first-order valence-electron chi connectivity index (χ1n) is 9.97. The van der Waals surface area contributed by atoms with Gasteiger partial charge in [-0.1, -0.05) is 40.9 Å². The molecule has 0 saturated carbocycles. The van der Waals surface area contributed by atoms with Crippen LogP contribution in [0.1, 0.15) is 16.3 Å². The first-order valence-corrected chi connectivity index (χ1v) is 11.1. The topological polar surface area (TPSA) is 104 Å². The van der Waals surface area contributed by atoms with Gasteiger partial charge in [-0.25, -0.2) is 0 Å². The van der Waals surface area contributed by atoms with E-state index < -0.39 is 10.8 Å². The summed E-state index contributed by atoms with van der Waals surface area (Å²) >= 11 is 17.9. The van der Waals surface area contributed by atoms with Crippen molar-refractivity contribution >= 4 is 52.1 Å². The van der Waals surface area contributed by atoms with Crippen LogP contribution in [0.4, 0.5) is 11.4 Å². The highest BCUT2D eigenvalue weighted by Crippen LogP contribution is 2.34. The summed E-state index contributed by atoms with van der Waals surface area (Å²) in [5, 5.41) is 15.1. The van der Waals surface area contributed by atoms with Crippen LogP contribution in [0.25, 0.3) is 0 Å². The molecule has 4 rings (SSSR count). The third kappa shape index (κ3) is 6.45. The molecule has 178 valence electrons. The lowest BCUT2D eigenvalue weighted by atomic mass is 10.2. The third-order valence-corrected chi connectivity index (χ3v) is 5.31. The van der Waals surface area contributed by atoms with E-state index in [1.54, 1.807) is 36.4 Å². The molecular formula is C24H15Cl3N2O6. The molecule has 0 bridgehead atoms.